The number of fused-ring (bicyclic) bond motifs is 1. The van der Waals surface area contributed by atoms with Gasteiger partial charge in [0.15, 0.2) is 11.5 Å². The van der Waals surface area contributed by atoms with Crippen molar-refractivity contribution in [2.24, 2.45) is 0 Å². The highest BCUT2D eigenvalue weighted by atomic mass is 16.5. The van der Waals surface area contributed by atoms with Gasteiger partial charge in [0.05, 0.1) is 25.1 Å². The van der Waals surface area contributed by atoms with E-state index in [9.17, 15) is 4.79 Å². The van der Waals surface area contributed by atoms with E-state index in [-0.39, 0.29) is 11.8 Å². The van der Waals surface area contributed by atoms with Gasteiger partial charge in [0, 0.05) is 37.8 Å². The van der Waals surface area contributed by atoms with Crippen LogP contribution in [0.25, 0.3) is 5.65 Å². The van der Waals surface area contributed by atoms with Crippen molar-refractivity contribution in [1.29, 1.82) is 0 Å². The lowest BCUT2D eigenvalue weighted by atomic mass is 10.1. The SMILES string of the molecule is Cc1cccc(C(=O)N2CCC(c3nc4ccc(N5CCOCC5)cn4n3)C2)n1. The molecule has 0 N–H and O–H groups in total. The summed E-state index contributed by atoms with van der Waals surface area (Å²) in [7, 11) is 0. The zero-order valence-corrected chi connectivity index (χ0v) is 16.5. The summed E-state index contributed by atoms with van der Waals surface area (Å²) < 4.78 is 7.29. The average Bonchev–Trinajstić information content (AvgIpc) is 3.40. The third-order valence-electron chi connectivity index (χ3n) is 5.66. The van der Waals surface area contributed by atoms with E-state index in [4.69, 9.17) is 14.8 Å². The Morgan fingerprint density at radius 2 is 1.97 bits per heavy atom. The van der Waals surface area contributed by atoms with Gasteiger partial charge in [-0.05, 0) is 37.6 Å². The van der Waals surface area contributed by atoms with Crippen molar-refractivity contribution in [1.82, 2.24) is 24.5 Å². The number of anilines is 1. The van der Waals surface area contributed by atoms with Crippen molar-refractivity contribution in [2.45, 2.75) is 19.3 Å². The molecule has 1 atom stereocenters. The molecule has 5 heterocycles. The van der Waals surface area contributed by atoms with Crippen LogP contribution < -0.4 is 4.90 Å². The lowest BCUT2D eigenvalue weighted by Crippen LogP contribution is -2.36. The first kappa shape index (κ1) is 18.1. The Morgan fingerprint density at radius 1 is 1.10 bits per heavy atom. The monoisotopic (exact) mass is 392 g/mol. The Morgan fingerprint density at radius 3 is 2.79 bits per heavy atom. The number of amides is 1. The number of nitrogens with zero attached hydrogens (tertiary/aromatic N) is 6. The van der Waals surface area contributed by atoms with Crippen LogP contribution in [0.15, 0.2) is 36.5 Å². The molecule has 0 aliphatic carbocycles. The van der Waals surface area contributed by atoms with Crippen LogP contribution in [0.1, 0.15) is 34.3 Å². The predicted octanol–water partition coefficient (Wildman–Crippen LogP) is 1.90. The van der Waals surface area contributed by atoms with Crippen LogP contribution in [0.2, 0.25) is 0 Å². The van der Waals surface area contributed by atoms with Crippen LogP contribution in [0.5, 0.6) is 0 Å². The maximum Gasteiger partial charge on any atom is 0.272 e. The fraction of sp³-hybridized carbons (Fsp3) is 0.429. The summed E-state index contributed by atoms with van der Waals surface area (Å²) in [5, 5.41) is 4.72. The molecular formula is C21H24N6O2. The fourth-order valence-electron chi connectivity index (χ4n) is 4.05. The molecule has 8 nitrogen and oxygen atoms in total. The van der Waals surface area contributed by atoms with E-state index in [2.05, 4.69) is 16.0 Å². The topological polar surface area (TPSA) is 75.9 Å². The first-order valence-corrected chi connectivity index (χ1v) is 10.1. The number of carbonyl (C=O) groups is 1. The van der Waals surface area contributed by atoms with Gasteiger partial charge in [-0.1, -0.05) is 6.07 Å². The molecule has 2 aliphatic rings. The molecule has 0 aromatic carbocycles. The van der Waals surface area contributed by atoms with Gasteiger partial charge in [0.25, 0.3) is 5.91 Å². The van der Waals surface area contributed by atoms with E-state index in [1.807, 2.05) is 40.7 Å². The van der Waals surface area contributed by atoms with Crippen molar-refractivity contribution in [2.75, 3.05) is 44.3 Å². The Balaban J connectivity index is 1.32. The highest BCUT2D eigenvalue weighted by Gasteiger charge is 2.31. The molecule has 2 saturated heterocycles. The number of likely N-dealkylation sites (tertiary alicyclic amines) is 1. The second-order valence-electron chi connectivity index (χ2n) is 7.66. The minimum Gasteiger partial charge on any atom is -0.378 e. The third kappa shape index (κ3) is 3.55. The van der Waals surface area contributed by atoms with Crippen molar-refractivity contribution >= 4 is 17.2 Å². The molecular weight excluding hydrogens is 368 g/mol. The predicted molar refractivity (Wildman–Crippen MR) is 108 cm³/mol. The molecule has 8 heteroatoms. The molecule has 1 amide bonds. The number of morpholine rings is 1. The first-order chi connectivity index (χ1) is 14.2. The van der Waals surface area contributed by atoms with Crippen molar-refractivity contribution in [3.8, 4) is 0 Å². The second-order valence-corrected chi connectivity index (χ2v) is 7.66. The molecule has 0 radical (unpaired) electrons. The molecule has 0 saturated carbocycles. The third-order valence-corrected chi connectivity index (χ3v) is 5.66. The standard InChI is InChI=1S/C21H24N6O2/c1-15-3-2-4-18(22-15)21(28)26-8-7-16(13-26)20-23-19-6-5-17(14-27(19)24-20)25-9-11-29-12-10-25/h2-6,14,16H,7-13H2,1H3. The Bertz CT molecular complexity index is 1040. The van der Waals surface area contributed by atoms with Crippen LogP contribution in [0.3, 0.4) is 0 Å². The van der Waals surface area contributed by atoms with E-state index < -0.39 is 0 Å². The largest absolute Gasteiger partial charge is 0.378 e. The Kier molecular flexibility index (Phi) is 4.63. The van der Waals surface area contributed by atoms with Gasteiger partial charge in [-0.3, -0.25) is 4.79 Å². The first-order valence-electron chi connectivity index (χ1n) is 10.1. The summed E-state index contributed by atoms with van der Waals surface area (Å²) in [5.74, 6) is 0.932. The maximum atomic E-state index is 12.8. The van der Waals surface area contributed by atoms with Gasteiger partial charge < -0.3 is 14.5 Å². The molecule has 3 aromatic heterocycles. The molecule has 5 rings (SSSR count). The van der Waals surface area contributed by atoms with Gasteiger partial charge in [0.2, 0.25) is 0 Å². The molecule has 3 aromatic rings. The lowest BCUT2D eigenvalue weighted by molar-refractivity contribution is 0.0784. The Hall–Kier alpha value is -3.00. The fourth-order valence-corrected chi connectivity index (χ4v) is 4.05. The van der Waals surface area contributed by atoms with Gasteiger partial charge >= 0.3 is 0 Å². The normalized spacial score (nSPS) is 19.8. The van der Waals surface area contributed by atoms with Crippen LogP contribution >= 0.6 is 0 Å². The summed E-state index contributed by atoms with van der Waals surface area (Å²) in [4.78, 5) is 26.0. The highest BCUT2D eigenvalue weighted by Crippen LogP contribution is 2.27. The molecule has 1 unspecified atom stereocenters. The zero-order valence-electron chi connectivity index (χ0n) is 16.5. The molecule has 150 valence electrons. The van der Waals surface area contributed by atoms with Gasteiger partial charge in [-0.2, -0.15) is 5.10 Å². The average molecular weight is 392 g/mol. The summed E-state index contributed by atoms with van der Waals surface area (Å²) >= 11 is 0. The molecule has 2 fully saturated rings. The molecule has 0 bridgehead atoms. The number of carbonyl (C=O) groups excluding carboxylic acids is 1. The molecule has 29 heavy (non-hydrogen) atoms. The summed E-state index contributed by atoms with van der Waals surface area (Å²) in [6.45, 7) is 6.51. The van der Waals surface area contributed by atoms with Crippen molar-refractivity contribution in [3.05, 3.63) is 53.7 Å². The molecule has 0 spiro atoms. The minimum atomic E-state index is -0.0189. The summed E-state index contributed by atoms with van der Waals surface area (Å²) in [6, 6.07) is 9.65. The number of ether oxygens (including phenoxy) is 1. The zero-order chi connectivity index (χ0) is 19.8. The second kappa shape index (κ2) is 7.44. The quantitative estimate of drug-likeness (QED) is 0.678. The van der Waals surface area contributed by atoms with E-state index in [1.165, 1.54) is 0 Å². The lowest BCUT2D eigenvalue weighted by Gasteiger charge is -2.28. The molecule has 2 aliphatic heterocycles. The summed E-state index contributed by atoms with van der Waals surface area (Å²) in [6.07, 6.45) is 2.90. The summed E-state index contributed by atoms with van der Waals surface area (Å²) in [5.41, 5.74) is 3.32. The minimum absolute atomic E-state index is 0.0189. The van der Waals surface area contributed by atoms with Gasteiger partial charge in [-0.15, -0.1) is 0 Å². The van der Waals surface area contributed by atoms with Crippen LogP contribution in [-0.2, 0) is 4.74 Å². The highest BCUT2D eigenvalue weighted by molar-refractivity contribution is 5.92. The van der Waals surface area contributed by atoms with E-state index >= 15 is 0 Å². The van der Waals surface area contributed by atoms with E-state index in [0.717, 1.165) is 55.6 Å². The van der Waals surface area contributed by atoms with E-state index in [0.29, 0.717) is 18.8 Å². The number of aromatic nitrogens is 4. The maximum absolute atomic E-state index is 12.8. The number of aryl methyl sites for hydroxylation is 1. The number of pyridine rings is 2. The Labute approximate surface area is 169 Å². The van der Waals surface area contributed by atoms with Gasteiger partial charge in [0.1, 0.15) is 5.69 Å². The van der Waals surface area contributed by atoms with Crippen LogP contribution in [0, 0.1) is 6.92 Å². The van der Waals surface area contributed by atoms with Gasteiger partial charge in [-0.25, -0.2) is 14.5 Å². The van der Waals surface area contributed by atoms with E-state index in [1.54, 1.807) is 6.07 Å². The smallest absolute Gasteiger partial charge is 0.272 e. The number of rotatable bonds is 3. The van der Waals surface area contributed by atoms with Crippen LogP contribution in [-0.4, -0.2) is 69.8 Å². The van der Waals surface area contributed by atoms with Crippen molar-refractivity contribution < 1.29 is 9.53 Å². The van der Waals surface area contributed by atoms with Crippen molar-refractivity contribution in [3.63, 3.8) is 0 Å². The number of hydrogen-bond acceptors (Lipinski definition) is 6. The van der Waals surface area contributed by atoms with Crippen LogP contribution in [0.4, 0.5) is 5.69 Å². The number of hydrogen-bond donors (Lipinski definition) is 0.